The van der Waals surface area contributed by atoms with Crippen molar-refractivity contribution in [3.05, 3.63) is 29.1 Å². The van der Waals surface area contributed by atoms with Crippen LogP contribution in [0, 0.1) is 5.82 Å². The molecule has 1 aromatic carbocycles. The minimum Gasteiger partial charge on any atom is -0.410 e. The van der Waals surface area contributed by atoms with E-state index >= 15 is 0 Å². The summed E-state index contributed by atoms with van der Waals surface area (Å²) in [6, 6.07) is 2.63. The van der Waals surface area contributed by atoms with Crippen LogP contribution in [-0.4, -0.2) is 16.8 Å². The average molecular weight is 369 g/mol. The van der Waals surface area contributed by atoms with Crippen LogP contribution in [0.15, 0.2) is 12.1 Å². The fourth-order valence-corrected chi connectivity index (χ4v) is 2.39. The Morgan fingerprint density at radius 3 is 2.47 bits per heavy atom. The van der Waals surface area contributed by atoms with Gasteiger partial charge in [0.05, 0.1) is 0 Å². The van der Waals surface area contributed by atoms with E-state index in [9.17, 15) is 9.18 Å². The van der Waals surface area contributed by atoms with Crippen molar-refractivity contribution in [1.82, 2.24) is 0 Å². The van der Waals surface area contributed by atoms with E-state index in [1.165, 1.54) is 12.1 Å². The van der Waals surface area contributed by atoms with E-state index in [-0.39, 0.29) is 5.75 Å². The number of primary amides is 1. The molecule has 1 amide bonds. The third-order valence-electron chi connectivity index (χ3n) is 2.19. The van der Waals surface area contributed by atoms with Gasteiger partial charge in [0.15, 0.2) is 0 Å². The van der Waals surface area contributed by atoms with Crippen molar-refractivity contribution >= 4 is 38.0 Å². The smallest absolute Gasteiger partial charge is 0.409 e. The SMILES string of the molecule is NC(=O)Oc1cc(F)cc(CCBr)c1CCBr. The van der Waals surface area contributed by atoms with Gasteiger partial charge in [-0.15, -0.1) is 0 Å². The van der Waals surface area contributed by atoms with Gasteiger partial charge < -0.3 is 10.5 Å². The number of halogens is 3. The maximum atomic E-state index is 13.4. The lowest BCUT2D eigenvalue weighted by molar-refractivity contribution is 0.210. The Morgan fingerprint density at radius 2 is 1.94 bits per heavy atom. The number of nitrogens with two attached hydrogens (primary N) is 1. The first-order valence-corrected chi connectivity index (χ1v) is 7.23. The lowest BCUT2D eigenvalue weighted by Gasteiger charge is -2.13. The summed E-state index contributed by atoms with van der Waals surface area (Å²) in [4.78, 5) is 10.8. The van der Waals surface area contributed by atoms with Crippen LogP contribution >= 0.6 is 31.9 Å². The molecule has 0 spiro atoms. The van der Waals surface area contributed by atoms with E-state index < -0.39 is 11.9 Å². The molecule has 0 radical (unpaired) electrons. The largest absolute Gasteiger partial charge is 0.410 e. The number of rotatable bonds is 5. The van der Waals surface area contributed by atoms with Crippen molar-refractivity contribution in [2.75, 3.05) is 10.7 Å². The van der Waals surface area contributed by atoms with Crippen molar-refractivity contribution in [1.29, 1.82) is 0 Å². The Morgan fingerprint density at radius 1 is 1.29 bits per heavy atom. The van der Waals surface area contributed by atoms with Crippen LogP contribution in [-0.2, 0) is 12.8 Å². The van der Waals surface area contributed by atoms with Gasteiger partial charge in [-0.2, -0.15) is 0 Å². The van der Waals surface area contributed by atoms with Crippen LogP contribution in [0.2, 0.25) is 0 Å². The van der Waals surface area contributed by atoms with Gasteiger partial charge in [-0.25, -0.2) is 9.18 Å². The first kappa shape index (κ1) is 14.4. The fraction of sp³-hybridized carbons (Fsp3) is 0.364. The molecular weight excluding hydrogens is 357 g/mol. The van der Waals surface area contributed by atoms with Gasteiger partial charge in [0, 0.05) is 16.7 Å². The van der Waals surface area contributed by atoms with Gasteiger partial charge in [-0.1, -0.05) is 31.9 Å². The maximum absolute atomic E-state index is 13.4. The Kier molecular flexibility index (Phi) is 5.91. The summed E-state index contributed by atoms with van der Waals surface area (Å²) in [7, 11) is 0. The second kappa shape index (κ2) is 6.96. The molecule has 1 aromatic rings. The van der Waals surface area contributed by atoms with Gasteiger partial charge in [-0.3, -0.25) is 0 Å². The normalized spacial score (nSPS) is 10.3. The second-order valence-electron chi connectivity index (χ2n) is 3.34. The molecule has 0 atom stereocenters. The molecule has 3 nitrogen and oxygen atoms in total. The van der Waals surface area contributed by atoms with Gasteiger partial charge in [0.25, 0.3) is 0 Å². The molecule has 0 fully saturated rings. The number of aryl methyl sites for hydroxylation is 1. The molecular formula is C11H12Br2FNO2. The highest BCUT2D eigenvalue weighted by atomic mass is 79.9. The number of carbonyl (C=O) groups is 1. The molecule has 6 heteroatoms. The number of amides is 1. The van der Waals surface area contributed by atoms with Crippen molar-refractivity contribution in [2.45, 2.75) is 12.8 Å². The Balaban J connectivity index is 3.18. The van der Waals surface area contributed by atoms with Gasteiger partial charge >= 0.3 is 6.09 Å². The Bertz CT molecular complexity index is 413. The third kappa shape index (κ3) is 4.27. The van der Waals surface area contributed by atoms with E-state index in [0.29, 0.717) is 23.5 Å². The van der Waals surface area contributed by atoms with Crippen LogP contribution < -0.4 is 10.5 Å². The van der Waals surface area contributed by atoms with E-state index in [1.807, 2.05) is 0 Å². The van der Waals surface area contributed by atoms with E-state index in [4.69, 9.17) is 10.5 Å². The quantitative estimate of drug-likeness (QED) is 0.811. The van der Waals surface area contributed by atoms with Crippen LogP contribution in [0.25, 0.3) is 0 Å². The summed E-state index contributed by atoms with van der Waals surface area (Å²) in [6.07, 6.45) is 0.372. The summed E-state index contributed by atoms with van der Waals surface area (Å²) in [5, 5.41) is 1.41. The molecule has 0 unspecified atom stereocenters. The predicted molar refractivity (Wildman–Crippen MR) is 71.6 cm³/mol. The van der Waals surface area contributed by atoms with Crippen LogP contribution in [0.3, 0.4) is 0 Å². The number of carbonyl (C=O) groups excluding carboxylic acids is 1. The number of hydrogen-bond donors (Lipinski definition) is 1. The summed E-state index contributed by atoms with van der Waals surface area (Å²) in [5.41, 5.74) is 6.58. The van der Waals surface area contributed by atoms with Crippen molar-refractivity contribution in [3.63, 3.8) is 0 Å². The second-order valence-corrected chi connectivity index (χ2v) is 4.93. The number of ether oxygens (including phenoxy) is 1. The van der Waals surface area contributed by atoms with Crippen LogP contribution in [0.4, 0.5) is 9.18 Å². The molecule has 0 aliphatic heterocycles. The van der Waals surface area contributed by atoms with E-state index in [0.717, 1.165) is 11.1 Å². The molecule has 0 saturated carbocycles. The highest BCUT2D eigenvalue weighted by Crippen LogP contribution is 2.26. The highest BCUT2D eigenvalue weighted by Gasteiger charge is 2.13. The molecule has 0 heterocycles. The van der Waals surface area contributed by atoms with Crippen molar-refractivity contribution in [2.24, 2.45) is 5.73 Å². The molecule has 2 N–H and O–H groups in total. The minimum atomic E-state index is -0.934. The molecule has 1 rings (SSSR count). The van der Waals surface area contributed by atoms with E-state index in [2.05, 4.69) is 31.9 Å². The molecule has 0 bridgehead atoms. The predicted octanol–water partition coefficient (Wildman–Crippen LogP) is 3.16. The van der Waals surface area contributed by atoms with Crippen molar-refractivity contribution < 1.29 is 13.9 Å². The molecule has 0 aromatic heterocycles. The summed E-state index contributed by atoms with van der Waals surface area (Å²) in [5.74, 6) is -0.233. The number of hydrogen-bond acceptors (Lipinski definition) is 2. The molecule has 0 aliphatic rings. The number of alkyl halides is 2. The minimum absolute atomic E-state index is 0.202. The van der Waals surface area contributed by atoms with E-state index in [1.54, 1.807) is 0 Å². The zero-order valence-electron chi connectivity index (χ0n) is 9.01. The first-order chi connectivity index (χ1) is 8.08. The lowest BCUT2D eigenvalue weighted by Crippen LogP contribution is -2.18. The summed E-state index contributed by atoms with van der Waals surface area (Å²) < 4.78 is 18.2. The number of benzene rings is 1. The van der Waals surface area contributed by atoms with Gasteiger partial charge in [0.1, 0.15) is 11.6 Å². The monoisotopic (exact) mass is 367 g/mol. The molecule has 0 saturated heterocycles. The van der Waals surface area contributed by atoms with Crippen LogP contribution in [0.1, 0.15) is 11.1 Å². The first-order valence-electron chi connectivity index (χ1n) is 4.99. The Labute approximate surface area is 116 Å². The lowest BCUT2D eigenvalue weighted by atomic mass is 10.0. The Hall–Kier alpha value is -0.620. The van der Waals surface area contributed by atoms with Crippen LogP contribution in [0.5, 0.6) is 5.75 Å². The zero-order chi connectivity index (χ0) is 12.8. The highest BCUT2D eigenvalue weighted by molar-refractivity contribution is 9.09. The van der Waals surface area contributed by atoms with Crippen molar-refractivity contribution in [3.8, 4) is 5.75 Å². The fourth-order valence-electron chi connectivity index (χ4n) is 1.57. The molecule has 17 heavy (non-hydrogen) atoms. The average Bonchev–Trinajstić information content (AvgIpc) is 2.22. The summed E-state index contributed by atoms with van der Waals surface area (Å²) >= 11 is 6.62. The maximum Gasteiger partial charge on any atom is 0.409 e. The van der Waals surface area contributed by atoms with Gasteiger partial charge in [-0.05, 0) is 30.0 Å². The molecule has 94 valence electrons. The topological polar surface area (TPSA) is 52.3 Å². The zero-order valence-corrected chi connectivity index (χ0v) is 12.2. The molecule has 0 aliphatic carbocycles. The standard InChI is InChI=1S/C11H12Br2FNO2/c12-3-1-7-5-8(14)6-10(17-11(15)16)9(7)2-4-13/h5-6H,1-4H2,(H2,15,16). The summed E-state index contributed by atoms with van der Waals surface area (Å²) in [6.45, 7) is 0. The third-order valence-corrected chi connectivity index (χ3v) is 2.98. The van der Waals surface area contributed by atoms with Gasteiger partial charge in [0.2, 0.25) is 0 Å².